The van der Waals surface area contributed by atoms with Gasteiger partial charge in [0.25, 0.3) is 0 Å². The Balaban J connectivity index is 0.000000253. The molecule has 0 saturated heterocycles. The van der Waals surface area contributed by atoms with Crippen molar-refractivity contribution in [1.29, 1.82) is 0 Å². The predicted molar refractivity (Wildman–Crippen MR) is 97.0 cm³/mol. The predicted octanol–water partition coefficient (Wildman–Crippen LogP) is 6.14. The van der Waals surface area contributed by atoms with E-state index in [0.717, 1.165) is 12.8 Å². The van der Waals surface area contributed by atoms with Gasteiger partial charge in [0.15, 0.2) is 0 Å². The zero-order chi connectivity index (χ0) is 15.3. The Labute approximate surface area is 155 Å². The first kappa shape index (κ1) is 19.7. The summed E-state index contributed by atoms with van der Waals surface area (Å²) >= 11 is 0. The van der Waals surface area contributed by atoms with Gasteiger partial charge in [0.05, 0.1) is 0 Å². The van der Waals surface area contributed by atoms with Crippen molar-refractivity contribution in [2.45, 2.75) is 38.5 Å². The Kier molecular flexibility index (Phi) is 11.2. The van der Waals surface area contributed by atoms with Crippen molar-refractivity contribution >= 4 is 0 Å². The van der Waals surface area contributed by atoms with Gasteiger partial charge in [-0.1, -0.05) is 85.0 Å². The van der Waals surface area contributed by atoms with Crippen LogP contribution < -0.4 is 0 Å². The second-order valence-corrected chi connectivity index (χ2v) is 5.61. The molecule has 0 aliphatic heterocycles. The zero-order valence-electron chi connectivity index (χ0n) is 13.6. The average molecular weight is 486 g/mol. The molecule has 1 aliphatic rings. The maximum absolute atomic E-state index is 2.23. The van der Waals surface area contributed by atoms with Gasteiger partial charge in [-0.25, -0.2) is 0 Å². The first-order chi connectivity index (χ1) is 10.9. The molecule has 2 aromatic carbocycles. The Morgan fingerprint density at radius 1 is 0.565 bits per heavy atom. The van der Waals surface area contributed by atoms with E-state index in [1.807, 2.05) is 0 Å². The van der Waals surface area contributed by atoms with Crippen molar-refractivity contribution < 1.29 is 21.1 Å². The molecule has 0 saturated carbocycles. The van der Waals surface area contributed by atoms with Gasteiger partial charge >= 0.3 is 0 Å². The minimum atomic E-state index is 0. The van der Waals surface area contributed by atoms with Crippen molar-refractivity contribution in [3.05, 3.63) is 96.1 Å². The third-order valence-corrected chi connectivity index (χ3v) is 3.76. The van der Waals surface area contributed by atoms with E-state index in [1.54, 1.807) is 0 Å². The fourth-order valence-corrected chi connectivity index (χ4v) is 2.45. The van der Waals surface area contributed by atoms with Crippen molar-refractivity contribution in [2.24, 2.45) is 0 Å². The summed E-state index contributed by atoms with van der Waals surface area (Å²) < 4.78 is 0. The van der Waals surface area contributed by atoms with Gasteiger partial charge in [0, 0.05) is 21.1 Å². The number of allylic oxidation sites excluding steroid dienone is 4. The van der Waals surface area contributed by atoms with Gasteiger partial charge in [-0.3, -0.25) is 0 Å². The second-order valence-electron chi connectivity index (χ2n) is 5.61. The van der Waals surface area contributed by atoms with E-state index in [-0.39, 0.29) is 21.1 Å². The molecule has 0 unspecified atom stereocenters. The van der Waals surface area contributed by atoms with Crippen LogP contribution in [0.2, 0.25) is 0 Å². The minimum Gasteiger partial charge on any atom is -0.0845 e. The van der Waals surface area contributed by atoms with E-state index >= 15 is 0 Å². The van der Waals surface area contributed by atoms with E-state index in [1.165, 1.54) is 36.8 Å². The van der Waals surface area contributed by atoms with Crippen LogP contribution >= 0.6 is 0 Å². The molecule has 0 atom stereocenters. The summed E-state index contributed by atoms with van der Waals surface area (Å²) in [4.78, 5) is 0. The third kappa shape index (κ3) is 9.36. The molecule has 0 spiro atoms. The minimum absolute atomic E-state index is 0. The molecule has 1 heteroatoms. The molecule has 0 nitrogen and oxygen atoms in total. The van der Waals surface area contributed by atoms with Crippen molar-refractivity contribution in [3.8, 4) is 0 Å². The topological polar surface area (TPSA) is 0 Å². The Bertz CT molecular complexity index is 502. The molecule has 23 heavy (non-hydrogen) atoms. The first-order valence-corrected chi connectivity index (χ1v) is 8.34. The van der Waals surface area contributed by atoms with Gasteiger partial charge in [-0.2, -0.15) is 0 Å². The van der Waals surface area contributed by atoms with E-state index in [0.29, 0.717) is 0 Å². The van der Waals surface area contributed by atoms with Gasteiger partial charge in [-0.05, 0) is 49.7 Å². The molecule has 0 fully saturated rings. The molecule has 2 aromatic rings. The number of aryl methyl sites for hydroxylation is 2. The van der Waals surface area contributed by atoms with Crippen LogP contribution in [0.15, 0.2) is 85.0 Å². The van der Waals surface area contributed by atoms with E-state index in [9.17, 15) is 0 Å². The van der Waals surface area contributed by atoms with Crippen LogP contribution in [0.3, 0.4) is 0 Å². The number of hydrogen-bond donors (Lipinski definition) is 0. The van der Waals surface area contributed by atoms with E-state index in [2.05, 4.69) is 85.0 Å². The maximum Gasteiger partial charge on any atom is 0 e. The van der Waals surface area contributed by atoms with Crippen LogP contribution in [0, 0.1) is 0 Å². The van der Waals surface area contributed by atoms with Crippen molar-refractivity contribution in [1.82, 2.24) is 0 Å². The zero-order valence-corrected chi connectivity index (χ0v) is 15.9. The number of hydrogen-bond acceptors (Lipinski definition) is 0. The molecule has 3 rings (SSSR count). The van der Waals surface area contributed by atoms with Crippen molar-refractivity contribution in [2.75, 3.05) is 0 Å². The summed E-state index contributed by atoms with van der Waals surface area (Å²) in [6.07, 6.45) is 16.3. The Morgan fingerprint density at radius 3 is 1.35 bits per heavy atom. The van der Waals surface area contributed by atoms with E-state index < -0.39 is 0 Å². The van der Waals surface area contributed by atoms with Gasteiger partial charge in [0.1, 0.15) is 0 Å². The molecule has 0 aromatic heterocycles. The van der Waals surface area contributed by atoms with Crippen LogP contribution in [-0.2, 0) is 33.9 Å². The monoisotopic (exact) mass is 485 g/mol. The molecule has 0 bridgehead atoms. The van der Waals surface area contributed by atoms with E-state index in [4.69, 9.17) is 0 Å². The fraction of sp³-hybridized carbons (Fsp3) is 0.273. The molecule has 124 valence electrons. The molecular weight excluding hydrogens is 459 g/mol. The summed E-state index contributed by atoms with van der Waals surface area (Å²) in [5.74, 6) is 0. The van der Waals surface area contributed by atoms with Gasteiger partial charge in [0.2, 0.25) is 0 Å². The fourth-order valence-electron chi connectivity index (χ4n) is 2.45. The molecule has 1 aliphatic carbocycles. The summed E-state index contributed by atoms with van der Waals surface area (Å²) in [5, 5.41) is 0. The third-order valence-electron chi connectivity index (χ3n) is 3.76. The van der Waals surface area contributed by atoms with Crippen LogP contribution in [0.5, 0.6) is 0 Å². The first-order valence-electron chi connectivity index (χ1n) is 8.34. The summed E-state index contributed by atoms with van der Waals surface area (Å²) in [5.41, 5.74) is 2.83. The molecule has 0 heterocycles. The number of rotatable bonds is 3. The normalized spacial score (nSPS) is 15.8. The van der Waals surface area contributed by atoms with Gasteiger partial charge in [-0.15, -0.1) is 0 Å². The Hall–Kier alpha value is -1.39. The van der Waals surface area contributed by atoms with Crippen LogP contribution in [-0.4, -0.2) is 0 Å². The van der Waals surface area contributed by atoms with Gasteiger partial charge < -0.3 is 0 Å². The molecule has 0 N–H and O–H groups in total. The molecule has 0 radical (unpaired) electrons. The molecule has 0 amide bonds. The quantitative estimate of drug-likeness (QED) is 0.490. The Morgan fingerprint density at radius 2 is 0.957 bits per heavy atom. The van der Waals surface area contributed by atoms with Crippen LogP contribution in [0.25, 0.3) is 0 Å². The SMILES string of the molecule is C1=C\CCCC\C=C/1.[Pt].c1ccc(CCc2ccccc2)cc1. The standard InChI is InChI=1S/C14H14.C8H12.Pt/c1-3-7-13(8-4-1)11-12-14-9-5-2-6-10-14;1-2-4-6-8-7-5-3-1;/h1-10H,11-12H2;1-4H,5-8H2;/b;3-1-,4-2-;. The summed E-state index contributed by atoms with van der Waals surface area (Å²) in [6, 6.07) is 21.2. The van der Waals surface area contributed by atoms with Crippen LogP contribution in [0.4, 0.5) is 0 Å². The summed E-state index contributed by atoms with van der Waals surface area (Å²) in [6.45, 7) is 0. The number of benzene rings is 2. The van der Waals surface area contributed by atoms with Crippen LogP contribution in [0.1, 0.15) is 36.8 Å². The smallest absolute Gasteiger partial charge is 0 e. The largest absolute Gasteiger partial charge is 0.0845 e. The molecular formula is C22H26Pt. The maximum atomic E-state index is 2.23. The average Bonchev–Trinajstić information content (AvgIpc) is 2.55. The second kappa shape index (κ2) is 13.1. The summed E-state index contributed by atoms with van der Waals surface area (Å²) in [7, 11) is 0. The van der Waals surface area contributed by atoms with Crippen molar-refractivity contribution in [3.63, 3.8) is 0 Å².